The Balaban J connectivity index is 1.47. The molecular weight excluding hydrogens is 466 g/mol. The lowest BCUT2D eigenvalue weighted by Gasteiger charge is -2.27. The molecule has 1 atom stereocenters. The zero-order valence-corrected chi connectivity index (χ0v) is 19.2. The first-order valence-corrected chi connectivity index (χ1v) is 11.6. The molecule has 2 amide bonds. The molecule has 0 aliphatic carbocycles. The third-order valence-electron chi connectivity index (χ3n) is 5.46. The number of nitrogens with one attached hydrogen (secondary N) is 2. The van der Waals surface area contributed by atoms with Gasteiger partial charge in [0, 0.05) is 37.4 Å². The highest BCUT2D eigenvalue weighted by Crippen LogP contribution is 2.26. The van der Waals surface area contributed by atoms with Gasteiger partial charge in [0.2, 0.25) is 6.19 Å². The van der Waals surface area contributed by atoms with E-state index in [1.807, 2.05) is 23.2 Å². The van der Waals surface area contributed by atoms with Crippen molar-refractivity contribution in [1.82, 2.24) is 5.32 Å². The average molecular weight is 488 g/mol. The molecule has 2 aliphatic heterocycles. The number of halogens is 1. The summed E-state index contributed by atoms with van der Waals surface area (Å²) in [5.41, 5.74) is 0.253. The van der Waals surface area contributed by atoms with E-state index in [4.69, 9.17) is 26.3 Å². The predicted octanol–water partition coefficient (Wildman–Crippen LogP) is 3.04. The summed E-state index contributed by atoms with van der Waals surface area (Å²) in [7, 11) is 0. The SMILES string of the molecule is N#C/N=C1\CCOCCN1c1ccc(NC(=O)[C@]2(NC(=O)c3ccc(Cl)s3)CCOC2)cc1. The predicted molar refractivity (Wildman–Crippen MR) is 126 cm³/mol. The number of amidine groups is 1. The maximum absolute atomic E-state index is 13.2. The van der Waals surface area contributed by atoms with Crippen molar-refractivity contribution >= 4 is 52.0 Å². The number of anilines is 2. The van der Waals surface area contributed by atoms with Gasteiger partial charge in [-0.25, -0.2) is 0 Å². The summed E-state index contributed by atoms with van der Waals surface area (Å²) in [6.07, 6.45) is 2.76. The molecule has 33 heavy (non-hydrogen) atoms. The van der Waals surface area contributed by atoms with Crippen LogP contribution in [0.1, 0.15) is 22.5 Å². The number of carbonyl (C=O) groups excluding carboxylic acids is 2. The summed E-state index contributed by atoms with van der Waals surface area (Å²) in [6, 6.07) is 10.5. The van der Waals surface area contributed by atoms with Crippen LogP contribution < -0.4 is 15.5 Å². The highest BCUT2D eigenvalue weighted by molar-refractivity contribution is 7.18. The first-order valence-electron chi connectivity index (χ1n) is 10.4. The Morgan fingerprint density at radius 1 is 1.15 bits per heavy atom. The van der Waals surface area contributed by atoms with Crippen LogP contribution in [0.3, 0.4) is 0 Å². The van der Waals surface area contributed by atoms with Gasteiger partial charge >= 0.3 is 0 Å². The van der Waals surface area contributed by atoms with Gasteiger partial charge in [0.25, 0.3) is 11.8 Å². The molecule has 11 heteroatoms. The van der Waals surface area contributed by atoms with Crippen LogP contribution in [-0.4, -0.2) is 56.2 Å². The Bertz CT molecular complexity index is 1090. The molecule has 0 radical (unpaired) electrons. The normalized spacial score (nSPS) is 21.9. The Morgan fingerprint density at radius 2 is 1.97 bits per heavy atom. The highest BCUT2D eigenvalue weighted by Gasteiger charge is 2.44. The molecule has 2 fully saturated rings. The van der Waals surface area contributed by atoms with Crippen LogP contribution in [-0.2, 0) is 14.3 Å². The van der Waals surface area contributed by atoms with Crippen LogP contribution in [0.2, 0.25) is 4.34 Å². The van der Waals surface area contributed by atoms with Crippen LogP contribution >= 0.6 is 22.9 Å². The summed E-state index contributed by atoms with van der Waals surface area (Å²) in [4.78, 5) is 32.1. The van der Waals surface area contributed by atoms with E-state index in [9.17, 15) is 9.59 Å². The van der Waals surface area contributed by atoms with Crippen LogP contribution in [0.5, 0.6) is 0 Å². The van der Waals surface area contributed by atoms with Gasteiger partial charge in [-0.3, -0.25) is 9.59 Å². The van der Waals surface area contributed by atoms with E-state index < -0.39 is 5.54 Å². The van der Waals surface area contributed by atoms with E-state index in [1.165, 1.54) is 0 Å². The van der Waals surface area contributed by atoms with Gasteiger partial charge in [-0.05, 0) is 36.4 Å². The van der Waals surface area contributed by atoms with Crippen molar-refractivity contribution in [3.63, 3.8) is 0 Å². The molecule has 4 rings (SSSR count). The molecule has 172 valence electrons. The fourth-order valence-electron chi connectivity index (χ4n) is 3.73. The lowest BCUT2D eigenvalue weighted by molar-refractivity contribution is -0.122. The number of hydrogen-bond acceptors (Lipinski definition) is 7. The lowest BCUT2D eigenvalue weighted by atomic mass is 9.97. The Kier molecular flexibility index (Phi) is 7.25. The van der Waals surface area contributed by atoms with E-state index >= 15 is 0 Å². The Labute approximate surface area is 199 Å². The van der Waals surface area contributed by atoms with Crippen LogP contribution in [0.4, 0.5) is 11.4 Å². The van der Waals surface area contributed by atoms with E-state index in [0.29, 0.717) is 59.9 Å². The van der Waals surface area contributed by atoms with Crippen LogP contribution in [0, 0.1) is 11.5 Å². The minimum absolute atomic E-state index is 0.0868. The molecule has 1 aromatic carbocycles. The minimum Gasteiger partial charge on any atom is -0.379 e. The standard InChI is InChI=1S/C22H22ClN5O4S/c23-18-6-5-17(33-18)20(29)27-22(8-11-32-13-22)21(30)26-15-1-3-16(4-2-15)28-9-12-31-10-7-19(28)25-14-24/h1-6H,7-13H2,(H,26,30)(H,27,29)/b25-19+/t22-/m0/s1. The maximum atomic E-state index is 13.2. The van der Waals surface area contributed by atoms with Crippen molar-refractivity contribution in [3.05, 3.63) is 45.6 Å². The third kappa shape index (κ3) is 5.34. The number of nitriles is 1. The third-order valence-corrected chi connectivity index (χ3v) is 6.69. The number of rotatable bonds is 5. The summed E-state index contributed by atoms with van der Waals surface area (Å²) >= 11 is 7.08. The van der Waals surface area contributed by atoms with Crippen LogP contribution in [0.25, 0.3) is 0 Å². The summed E-state index contributed by atoms with van der Waals surface area (Å²) in [6.45, 7) is 2.07. The van der Waals surface area contributed by atoms with Gasteiger partial charge in [-0.2, -0.15) is 10.3 Å². The molecule has 9 nitrogen and oxygen atoms in total. The van der Waals surface area contributed by atoms with Crippen molar-refractivity contribution < 1.29 is 19.1 Å². The molecule has 0 bridgehead atoms. The molecule has 2 aliphatic rings. The molecule has 1 aromatic heterocycles. The highest BCUT2D eigenvalue weighted by atomic mass is 35.5. The summed E-state index contributed by atoms with van der Waals surface area (Å²) < 4.78 is 11.4. The Hall–Kier alpha value is -2.97. The van der Waals surface area contributed by atoms with Gasteiger partial charge in [0.05, 0.1) is 29.0 Å². The fraction of sp³-hybridized carbons (Fsp3) is 0.364. The average Bonchev–Trinajstić information content (AvgIpc) is 3.40. The number of aliphatic imine (C=N–C) groups is 1. The van der Waals surface area contributed by atoms with Crippen LogP contribution in [0.15, 0.2) is 41.4 Å². The van der Waals surface area contributed by atoms with E-state index in [-0.39, 0.29) is 18.4 Å². The largest absolute Gasteiger partial charge is 0.379 e. The van der Waals surface area contributed by atoms with Crippen molar-refractivity contribution in [2.75, 3.05) is 43.2 Å². The van der Waals surface area contributed by atoms with E-state index in [0.717, 1.165) is 17.0 Å². The van der Waals surface area contributed by atoms with Crippen molar-refractivity contribution in [1.29, 1.82) is 5.26 Å². The summed E-state index contributed by atoms with van der Waals surface area (Å²) in [5.74, 6) is -0.0699. The van der Waals surface area contributed by atoms with E-state index in [1.54, 1.807) is 24.3 Å². The second-order valence-electron chi connectivity index (χ2n) is 7.59. The zero-order chi connectivity index (χ0) is 23.3. The number of ether oxygens (including phenoxy) is 2. The molecule has 2 aromatic rings. The quantitative estimate of drug-likeness (QED) is 0.626. The van der Waals surface area contributed by atoms with Gasteiger partial charge in [-0.1, -0.05) is 11.6 Å². The second-order valence-corrected chi connectivity index (χ2v) is 9.30. The first-order chi connectivity index (χ1) is 16.0. The number of amides is 2. The number of nitrogens with zero attached hydrogens (tertiary/aromatic N) is 3. The topological polar surface area (TPSA) is 116 Å². The van der Waals surface area contributed by atoms with Crippen molar-refractivity contribution in [2.45, 2.75) is 18.4 Å². The maximum Gasteiger partial charge on any atom is 0.262 e. The van der Waals surface area contributed by atoms with E-state index in [2.05, 4.69) is 15.6 Å². The van der Waals surface area contributed by atoms with Gasteiger partial charge in [0.1, 0.15) is 11.4 Å². The monoisotopic (exact) mass is 487 g/mol. The molecule has 3 heterocycles. The number of hydrogen-bond donors (Lipinski definition) is 2. The lowest BCUT2D eigenvalue weighted by Crippen LogP contribution is -2.57. The number of benzene rings is 1. The van der Waals surface area contributed by atoms with Crippen molar-refractivity contribution in [2.24, 2.45) is 4.99 Å². The van der Waals surface area contributed by atoms with Gasteiger partial charge < -0.3 is 25.0 Å². The first kappa shape index (κ1) is 23.2. The molecule has 2 saturated heterocycles. The smallest absolute Gasteiger partial charge is 0.262 e. The minimum atomic E-state index is -1.17. The molecule has 0 spiro atoms. The number of carbonyl (C=O) groups is 2. The Morgan fingerprint density at radius 3 is 2.64 bits per heavy atom. The molecule has 2 N–H and O–H groups in total. The molecule has 0 saturated carbocycles. The van der Waals surface area contributed by atoms with Gasteiger partial charge in [-0.15, -0.1) is 11.3 Å². The number of thiophene rings is 1. The van der Waals surface area contributed by atoms with Crippen molar-refractivity contribution in [3.8, 4) is 6.19 Å². The zero-order valence-electron chi connectivity index (χ0n) is 17.7. The fourth-order valence-corrected chi connectivity index (χ4v) is 4.67. The summed E-state index contributed by atoms with van der Waals surface area (Å²) in [5, 5.41) is 14.7. The molecular formula is C22H22ClN5O4S. The van der Waals surface area contributed by atoms with Gasteiger partial charge in [0.15, 0.2) is 0 Å². The second kappa shape index (κ2) is 10.3. The molecule has 0 unspecified atom stereocenters.